The SMILES string of the molecule is CN=C(NCCN(CCOC)C1CC1)NCC1(c2ccccc2)CCC1.I. The van der Waals surface area contributed by atoms with Crippen molar-refractivity contribution < 1.29 is 4.74 Å². The summed E-state index contributed by atoms with van der Waals surface area (Å²) in [5, 5.41) is 7.06. The highest BCUT2D eigenvalue weighted by Crippen LogP contribution is 2.43. The number of hydrogen-bond acceptors (Lipinski definition) is 3. The molecule has 0 spiro atoms. The zero-order chi connectivity index (χ0) is 18.2. The number of methoxy groups -OCH3 is 1. The lowest BCUT2D eigenvalue weighted by Crippen LogP contribution is -2.50. The molecular weight excluding hydrogens is 451 g/mol. The van der Waals surface area contributed by atoms with Gasteiger partial charge in [0.05, 0.1) is 6.61 Å². The van der Waals surface area contributed by atoms with Crippen LogP contribution in [0.2, 0.25) is 0 Å². The molecule has 2 fully saturated rings. The Morgan fingerprint density at radius 2 is 1.93 bits per heavy atom. The maximum atomic E-state index is 5.24. The summed E-state index contributed by atoms with van der Waals surface area (Å²) in [7, 11) is 3.63. The molecule has 27 heavy (non-hydrogen) atoms. The van der Waals surface area contributed by atoms with E-state index in [9.17, 15) is 0 Å². The molecule has 0 unspecified atom stereocenters. The first-order valence-corrected chi connectivity index (χ1v) is 10.0. The van der Waals surface area contributed by atoms with Crippen LogP contribution in [0.3, 0.4) is 0 Å². The van der Waals surface area contributed by atoms with Crippen molar-refractivity contribution in [2.75, 3.05) is 46.9 Å². The number of hydrogen-bond donors (Lipinski definition) is 2. The van der Waals surface area contributed by atoms with Gasteiger partial charge in [0.1, 0.15) is 0 Å². The fourth-order valence-electron chi connectivity index (χ4n) is 3.88. The van der Waals surface area contributed by atoms with E-state index in [1.165, 1.54) is 37.7 Å². The normalized spacial score (nSPS) is 18.6. The maximum Gasteiger partial charge on any atom is 0.191 e. The summed E-state index contributed by atoms with van der Waals surface area (Å²) in [6, 6.07) is 11.7. The molecule has 6 heteroatoms. The van der Waals surface area contributed by atoms with E-state index in [4.69, 9.17) is 4.74 Å². The summed E-state index contributed by atoms with van der Waals surface area (Å²) < 4.78 is 5.24. The number of nitrogens with zero attached hydrogens (tertiary/aromatic N) is 2. The first-order chi connectivity index (χ1) is 12.8. The van der Waals surface area contributed by atoms with Crippen LogP contribution in [-0.2, 0) is 10.2 Å². The zero-order valence-electron chi connectivity index (χ0n) is 16.7. The number of aliphatic imine (C=N–C) groups is 1. The Morgan fingerprint density at radius 3 is 2.48 bits per heavy atom. The number of rotatable bonds is 10. The van der Waals surface area contributed by atoms with Gasteiger partial charge in [0.15, 0.2) is 5.96 Å². The lowest BCUT2D eigenvalue weighted by Gasteiger charge is -2.43. The van der Waals surface area contributed by atoms with Crippen molar-refractivity contribution >= 4 is 29.9 Å². The first-order valence-electron chi connectivity index (χ1n) is 10.0. The lowest BCUT2D eigenvalue weighted by atomic mass is 9.64. The summed E-state index contributed by atoms with van der Waals surface area (Å²) in [5.74, 6) is 0.912. The summed E-state index contributed by atoms with van der Waals surface area (Å²) in [6.07, 6.45) is 6.49. The minimum Gasteiger partial charge on any atom is -0.383 e. The van der Waals surface area contributed by atoms with E-state index >= 15 is 0 Å². The van der Waals surface area contributed by atoms with E-state index in [0.29, 0.717) is 0 Å². The van der Waals surface area contributed by atoms with Gasteiger partial charge in [-0.15, -0.1) is 24.0 Å². The average Bonchev–Trinajstić information content (AvgIpc) is 3.48. The van der Waals surface area contributed by atoms with E-state index in [1.807, 2.05) is 7.05 Å². The maximum absolute atomic E-state index is 5.24. The third-order valence-corrected chi connectivity index (χ3v) is 5.85. The van der Waals surface area contributed by atoms with Crippen molar-refractivity contribution in [2.45, 2.75) is 43.6 Å². The van der Waals surface area contributed by atoms with Crippen molar-refractivity contribution in [2.24, 2.45) is 4.99 Å². The van der Waals surface area contributed by atoms with Crippen LogP contribution >= 0.6 is 24.0 Å². The molecule has 2 aliphatic carbocycles. The van der Waals surface area contributed by atoms with Gasteiger partial charge in [-0.05, 0) is 31.2 Å². The lowest BCUT2D eigenvalue weighted by molar-refractivity contribution is 0.144. The van der Waals surface area contributed by atoms with Gasteiger partial charge in [-0.1, -0.05) is 36.8 Å². The largest absolute Gasteiger partial charge is 0.383 e. The van der Waals surface area contributed by atoms with E-state index in [0.717, 1.165) is 44.8 Å². The van der Waals surface area contributed by atoms with Gasteiger partial charge in [0, 0.05) is 51.8 Å². The van der Waals surface area contributed by atoms with E-state index in [1.54, 1.807) is 7.11 Å². The Morgan fingerprint density at radius 1 is 1.19 bits per heavy atom. The van der Waals surface area contributed by atoms with Crippen molar-refractivity contribution in [1.29, 1.82) is 0 Å². The van der Waals surface area contributed by atoms with Crippen molar-refractivity contribution in [3.8, 4) is 0 Å². The number of benzene rings is 1. The molecule has 0 saturated heterocycles. The fraction of sp³-hybridized carbons (Fsp3) is 0.667. The summed E-state index contributed by atoms with van der Waals surface area (Å²) in [6.45, 7) is 4.73. The van der Waals surface area contributed by atoms with E-state index in [2.05, 4.69) is 50.9 Å². The molecule has 2 aliphatic rings. The highest BCUT2D eigenvalue weighted by molar-refractivity contribution is 14.0. The van der Waals surface area contributed by atoms with Gasteiger partial charge in [-0.25, -0.2) is 0 Å². The number of nitrogens with one attached hydrogen (secondary N) is 2. The second-order valence-electron chi connectivity index (χ2n) is 7.61. The number of guanidine groups is 1. The molecule has 0 atom stereocenters. The second kappa shape index (κ2) is 11.2. The van der Waals surface area contributed by atoms with Gasteiger partial charge in [-0.3, -0.25) is 9.89 Å². The molecule has 0 aromatic heterocycles. The van der Waals surface area contributed by atoms with Crippen LogP contribution in [0.5, 0.6) is 0 Å². The van der Waals surface area contributed by atoms with E-state index in [-0.39, 0.29) is 29.4 Å². The quantitative estimate of drug-likeness (QED) is 0.303. The molecule has 0 aliphatic heterocycles. The van der Waals surface area contributed by atoms with Crippen LogP contribution in [0, 0.1) is 0 Å². The van der Waals surface area contributed by atoms with Gasteiger partial charge < -0.3 is 15.4 Å². The predicted molar refractivity (Wildman–Crippen MR) is 123 cm³/mol. The molecule has 2 N–H and O–H groups in total. The molecular formula is C21H35IN4O. The van der Waals surface area contributed by atoms with Crippen LogP contribution in [0.4, 0.5) is 0 Å². The summed E-state index contributed by atoms with van der Waals surface area (Å²) in [4.78, 5) is 6.94. The topological polar surface area (TPSA) is 48.9 Å². The van der Waals surface area contributed by atoms with Gasteiger partial charge >= 0.3 is 0 Å². The molecule has 1 aromatic carbocycles. The molecule has 0 heterocycles. The third kappa shape index (κ3) is 6.32. The fourth-order valence-corrected chi connectivity index (χ4v) is 3.88. The molecule has 5 nitrogen and oxygen atoms in total. The van der Waals surface area contributed by atoms with Gasteiger partial charge in [-0.2, -0.15) is 0 Å². The Bertz CT molecular complexity index is 573. The van der Waals surface area contributed by atoms with Gasteiger partial charge in [0.25, 0.3) is 0 Å². The standard InChI is InChI=1S/C21H34N4O.HI/c1-22-20(23-13-14-25(15-16-26-2)19-9-10-19)24-17-21(11-6-12-21)18-7-4-3-5-8-18;/h3-5,7-8,19H,6,9-17H2,1-2H3,(H2,22,23,24);1H. The molecule has 2 saturated carbocycles. The Hall–Kier alpha value is -0.860. The Balaban J connectivity index is 0.00000261. The predicted octanol–water partition coefficient (Wildman–Crippen LogP) is 3.00. The summed E-state index contributed by atoms with van der Waals surface area (Å²) >= 11 is 0. The highest BCUT2D eigenvalue weighted by Gasteiger charge is 2.38. The van der Waals surface area contributed by atoms with E-state index < -0.39 is 0 Å². The average molecular weight is 486 g/mol. The van der Waals surface area contributed by atoms with Crippen molar-refractivity contribution in [1.82, 2.24) is 15.5 Å². The number of ether oxygens (including phenoxy) is 1. The molecule has 0 bridgehead atoms. The van der Waals surface area contributed by atoms with Crippen LogP contribution < -0.4 is 10.6 Å². The number of halogens is 1. The van der Waals surface area contributed by atoms with Crippen LogP contribution in [0.15, 0.2) is 35.3 Å². The monoisotopic (exact) mass is 486 g/mol. The first kappa shape index (κ1) is 22.4. The molecule has 0 amide bonds. The molecule has 3 rings (SSSR count). The summed E-state index contributed by atoms with van der Waals surface area (Å²) in [5.41, 5.74) is 1.73. The van der Waals surface area contributed by atoms with Crippen LogP contribution in [0.1, 0.15) is 37.7 Å². The second-order valence-corrected chi connectivity index (χ2v) is 7.61. The Labute approximate surface area is 181 Å². The Kier molecular flexibility index (Phi) is 9.32. The third-order valence-electron chi connectivity index (χ3n) is 5.85. The molecule has 1 aromatic rings. The van der Waals surface area contributed by atoms with Crippen LogP contribution in [-0.4, -0.2) is 63.8 Å². The molecule has 0 radical (unpaired) electrons. The smallest absolute Gasteiger partial charge is 0.191 e. The van der Waals surface area contributed by atoms with Crippen molar-refractivity contribution in [3.63, 3.8) is 0 Å². The van der Waals surface area contributed by atoms with Crippen LogP contribution in [0.25, 0.3) is 0 Å². The zero-order valence-corrected chi connectivity index (χ0v) is 19.1. The highest BCUT2D eigenvalue weighted by atomic mass is 127. The molecule has 152 valence electrons. The minimum absolute atomic E-state index is 0. The minimum atomic E-state index is 0. The van der Waals surface area contributed by atoms with Gasteiger partial charge in [0.2, 0.25) is 0 Å². The van der Waals surface area contributed by atoms with Crippen molar-refractivity contribution in [3.05, 3.63) is 35.9 Å².